The lowest BCUT2D eigenvalue weighted by Crippen LogP contribution is -2.33. The molecule has 1 fully saturated rings. The number of nitrogens with two attached hydrogens (primary N) is 1. The van der Waals surface area contributed by atoms with Crippen LogP contribution >= 0.6 is 0 Å². The van der Waals surface area contributed by atoms with Gasteiger partial charge in [0.05, 0.1) is 12.9 Å². The quantitative estimate of drug-likeness (QED) is 0.789. The summed E-state index contributed by atoms with van der Waals surface area (Å²) in [6.07, 6.45) is -10.4. The lowest BCUT2D eigenvalue weighted by molar-refractivity contribution is -0.138. The highest BCUT2D eigenvalue weighted by Crippen LogP contribution is 2.37. The Bertz CT molecular complexity index is 657. The summed E-state index contributed by atoms with van der Waals surface area (Å²) in [4.78, 5) is 14.6. The zero-order valence-electron chi connectivity index (χ0n) is 10.7. The Balaban J connectivity index is 2.52. The summed E-state index contributed by atoms with van der Waals surface area (Å²) in [6.45, 7) is -0.810. The van der Waals surface area contributed by atoms with Crippen molar-refractivity contribution in [3.8, 4) is 0 Å². The fourth-order valence-electron chi connectivity index (χ4n) is 2.03. The summed E-state index contributed by atoms with van der Waals surface area (Å²) in [5.41, 5.74) is 1.65. The summed E-state index contributed by atoms with van der Waals surface area (Å²) >= 11 is 0. The predicted molar refractivity (Wildman–Crippen MR) is 63.0 cm³/mol. The predicted octanol–water partition coefficient (Wildman–Crippen LogP) is 0.925. The molecule has 0 spiro atoms. The highest BCUT2D eigenvalue weighted by molar-refractivity contribution is 5.39. The molecule has 11 heteroatoms. The SMILES string of the molecule is Nc1nc(=O)n(C2OC(CO)C(=CF)C2F)cc1C(F)(F)F. The number of aliphatic hydroxyl groups is 1. The van der Waals surface area contributed by atoms with E-state index in [1.165, 1.54) is 0 Å². The number of hydrogen-bond acceptors (Lipinski definition) is 5. The number of aliphatic hydroxyl groups excluding tert-OH is 1. The normalized spacial score (nSPS) is 27.5. The molecule has 1 saturated heterocycles. The molecular formula is C11H10F5N3O3. The van der Waals surface area contributed by atoms with E-state index in [-0.39, 0.29) is 17.1 Å². The van der Waals surface area contributed by atoms with E-state index in [2.05, 4.69) is 4.98 Å². The zero-order chi connectivity index (χ0) is 16.7. The molecule has 1 aliphatic rings. The summed E-state index contributed by atoms with van der Waals surface area (Å²) in [6, 6.07) is 0. The number of rotatable bonds is 2. The van der Waals surface area contributed by atoms with Crippen LogP contribution in [-0.4, -0.2) is 33.5 Å². The molecule has 2 rings (SSSR count). The van der Waals surface area contributed by atoms with Gasteiger partial charge in [-0.15, -0.1) is 0 Å². The average molecular weight is 327 g/mol. The molecule has 3 atom stereocenters. The van der Waals surface area contributed by atoms with Gasteiger partial charge in [0, 0.05) is 11.8 Å². The van der Waals surface area contributed by atoms with Crippen molar-refractivity contribution in [1.29, 1.82) is 0 Å². The minimum atomic E-state index is -4.92. The van der Waals surface area contributed by atoms with E-state index in [9.17, 15) is 26.7 Å². The topological polar surface area (TPSA) is 90.4 Å². The third kappa shape index (κ3) is 2.68. The second-order valence-electron chi connectivity index (χ2n) is 4.44. The van der Waals surface area contributed by atoms with Gasteiger partial charge in [-0.2, -0.15) is 18.2 Å². The van der Waals surface area contributed by atoms with E-state index >= 15 is 0 Å². The van der Waals surface area contributed by atoms with Crippen molar-refractivity contribution in [2.45, 2.75) is 24.7 Å². The second kappa shape index (κ2) is 5.65. The molecule has 3 N–H and O–H groups in total. The van der Waals surface area contributed by atoms with E-state index in [4.69, 9.17) is 15.6 Å². The molecule has 0 aromatic carbocycles. The first kappa shape index (κ1) is 16.4. The fourth-order valence-corrected chi connectivity index (χ4v) is 2.03. The molecule has 0 aliphatic carbocycles. The number of hydrogen-bond donors (Lipinski definition) is 2. The number of nitrogens with zero attached hydrogens (tertiary/aromatic N) is 2. The van der Waals surface area contributed by atoms with E-state index in [1.54, 1.807) is 0 Å². The minimum absolute atomic E-state index is 0.161. The molecule has 22 heavy (non-hydrogen) atoms. The van der Waals surface area contributed by atoms with Crippen molar-refractivity contribution in [2.24, 2.45) is 0 Å². The molecule has 0 bridgehead atoms. The van der Waals surface area contributed by atoms with Crippen LogP contribution in [0.2, 0.25) is 0 Å². The van der Waals surface area contributed by atoms with Crippen LogP contribution in [0.5, 0.6) is 0 Å². The summed E-state index contributed by atoms with van der Waals surface area (Å²) in [7, 11) is 0. The van der Waals surface area contributed by atoms with Crippen LogP contribution in [0.25, 0.3) is 0 Å². The Morgan fingerprint density at radius 2 is 2.14 bits per heavy atom. The Morgan fingerprint density at radius 1 is 1.50 bits per heavy atom. The lowest BCUT2D eigenvalue weighted by Gasteiger charge is -2.18. The monoisotopic (exact) mass is 327 g/mol. The van der Waals surface area contributed by atoms with Crippen LogP contribution in [0, 0.1) is 0 Å². The van der Waals surface area contributed by atoms with Crippen molar-refractivity contribution in [2.75, 3.05) is 12.3 Å². The first-order chi connectivity index (χ1) is 10.2. The maximum atomic E-state index is 14.0. The van der Waals surface area contributed by atoms with E-state index in [0.717, 1.165) is 0 Å². The van der Waals surface area contributed by atoms with Crippen molar-refractivity contribution in [1.82, 2.24) is 9.55 Å². The Labute approximate surface area is 119 Å². The van der Waals surface area contributed by atoms with Crippen LogP contribution in [0.3, 0.4) is 0 Å². The van der Waals surface area contributed by atoms with Crippen molar-refractivity contribution < 1.29 is 31.8 Å². The number of aromatic nitrogens is 2. The van der Waals surface area contributed by atoms with Gasteiger partial charge in [-0.3, -0.25) is 4.57 Å². The molecule has 0 saturated carbocycles. The maximum absolute atomic E-state index is 14.0. The molecule has 1 aliphatic heterocycles. The molecule has 0 radical (unpaired) electrons. The van der Waals surface area contributed by atoms with Gasteiger partial charge in [-0.25, -0.2) is 13.6 Å². The van der Waals surface area contributed by atoms with Gasteiger partial charge in [0.25, 0.3) is 0 Å². The Morgan fingerprint density at radius 3 is 2.59 bits per heavy atom. The van der Waals surface area contributed by atoms with Crippen LogP contribution in [0.1, 0.15) is 11.8 Å². The molecule has 1 aromatic heterocycles. The van der Waals surface area contributed by atoms with Gasteiger partial charge in [0.2, 0.25) is 0 Å². The van der Waals surface area contributed by atoms with Gasteiger partial charge in [0.15, 0.2) is 12.4 Å². The smallest absolute Gasteiger partial charge is 0.393 e. The Hall–Kier alpha value is -2.01. The molecule has 0 amide bonds. The molecule has 6 nitrogen and oxygen atoms in total. The molecule has 2 heterocycles. The van der Waals surface area contributed by atoms with Crippen LogP contribution in [0.15, 0.2) is 22.9 Å². The molecular weight excluding hydrogens is 317 g/mol. The van der Waals surface area contributed by atoms with Crippen LogP contribution in [-0.2, 0) is 10.9 Å². The fraction of sp³-hybridized carbons (Fsp3) is 0.455. The van der Waals surface area contributed by atoms with Crippen LogP contribution in [0.4, 0.5) is 27.8 Å². The van der Waals surface area contributed by atoms with E-state index in [1.807, 2.05) is 0 Å². The molecule has 1 aromatic rings. The zero-order valence-corrected chi connectivity index (χ0v) is 10.7. The first-order valence-electron chi connectivity index (χ1n) is 5.87. The summed E-state index contributed by atoms with van der Waals surface area (Å²) < 4.78 is 70.0. The van der Waals surface area contributed by atoms with Gasteiger partial charge in [-0.05, 0) is 0 Å². The van der Waals surface area contributed by atoms with E-state index < -0.39 is 53.9 Å². The van der Waals surface area contributed by atoms with E-state index in [0.29, 0.717) is 0 Å². The minimum Gasteiger partial charge on any atom is -0.393 e. The third-order valence-electron chi connectivity index (χ3n) is 3.10. The largest absolute Gasteiger partial charge is 0.421 e. The second-order valence-corrected chi connectivity index (χ2v) is 4.44. The highest BCUT2D eigenvalue weighted by Gasteiger charge is 2.43. The van der Waals surface area contributed by atoms with Gasteiger partial charge in [-0.1, -0.05) is 0 Å². The lowest BCUT2D eigenvalue weighted by atomic mass is 10.1. The number of nitrogen functional groups attached to an aromatic ring is 1. The van der Waals surface area contributed by atoms with Gasteiger partial charge >= 0.3 is 11.9 Å². The van der Waals surface area contributed by atoms with Crippen LogP contribution < -0.4 is 11.4 Å². The van der Waals surface area contributed by atoms with Gasteiger partial charge < -0.3 is 15.6 Å². The maximum Gasteiger partial charge on any atom is 0.421 e. The van der Waals surface area contributed by atoms with Crippen molar-refractivity contribution in [3.63, 3.8) is 0 Å². The first-order valence-corrected chi connectivity index (χ1v) is 5.87. The molecule has 122 valence electrons. The number of halogens is 5. The number of ether oxygens (including phenoxy) is 1. The summed E-state index contributed by atoms with van der Waals surface area (Å²) in [5.74, 6) is -1.07. The van der Waals surface area contributed by atoms with Crippen molar-refractivity contribution >= 4 is 5.82 Å². The summed E-state index contributed by atoms with van der Waals surface area (Å²) in [5, 5.41) is 8.95. The Kier molecular flexibility index (Phi) is 4.20. The third-order valence-corrected chi connectivity index (χ3v) is 3.10. The van der Waals surface area contributed by atoms with Crippen molar-refractivity contribution in [3.05, 3.63) is 34.1 Å². The average Bonchev–Trinajstić information content (AvgIpc) is 2.73. The number of alkyl halides is 4. The van der Waals surface area contributed by atoms with Gasteiger partial charge in [0.1, 0.15) is 17.5 Å². The highest BCUT2D eigenvalue weighted by atomic mass is 19.4. The molecule has 3 unspecified atom stereocenters. The standard InChI is InChI=1S/C11H10F5N3O3/c12-1-4-6(3-20)22-9(7(4)13)19-2-5(11(14,15)16)8(17)18-10(19)21/h1-2,6-7,9,20H,3H2,(H2,17,18,21). The number of anilines is 1.